The molecule has 0 saturated carbocycles. The minimum absolute atomic E-state index is 0.0307. The maximum absolute atomic E-state index is 13.3. The van der Waals surface area contributed by atoms with Crippen LogP contribution in [0, 0.1) is 6.92 Å². The van der Waals surface area contributed by atoms with Gasteiger partial charge in [-0.1, -0.05) is 36.8 Å². The Labute approximate surface area is 246 Å². The minimum atomic E-state index is -0.854. The second-order valence-corrected chi connectivity index (χ2v) is 10.8. The van der Waals surface area contributed by atoms with Gasteiger partial charge in [0, 0.05) is 78.5 Å². The van der Waals surface area contributed by atoms with E-state index in [1.807, 2.05) is 43.0 Å². The number of carboxylic acids is 1. The fourth-order valence-corrected chi connectivity index (χ4v) is 4.73. The molecule has 1 fully saturated rings. The molecule has 1 aromatic rings. The van der Waals surface area contributed by atoms with Crippen molar-refractivity contribution in [1.82, 2.24) is 30.2 Å². The van der Waals surface area contributed by atoms with E-state index in [-0.39, 0.29) is 24.9 Å². The number of nitrogens with zero attached hydrogens (tertiary/aromatic N) is 4. The molecule has 1 saturated heterocycles. The Hall–Kier alpha value is -2.57. The van der Waals surface area contributed by atoms with E-state index in [4.69, 9.17) is 4.74 Å². The van der Waals surface area contributed by atoms with Crippen molar-refractivity contribution in [3.05, 3.63) is 35.4 Å². The number of ether oxygens (including phenoxy) is 1. The average Bonchev–Trinajstić information content (AvgIpc) is 2.93. The summed E-state index contributed by atoms with van der Waals surface area (Å²) < 4.78 is 5.36. The van der Waals surface area contributed by atoms with Gasteiger partial charge in [-0.15, -0.1) is 0 Å². The van der Waals surface area contributed by atoms with Crippen molar-refractivity contribution in [2.24, 2.45) is 0 Å². The standard InChI is InChI=1S/C30H52N6O5/c1-5-34-15-13-33(4)14-16-36(24-29(38)39)20-19-35(18-17-34)23-28(37)32-27(22-26-10-8-25(3)9-11-26)30(40)31-12-7-21-41-6-2/h8-11,27H,5-7,12-24H2,1-4H3,(H,31,40)(H,32,37)(H,38,39). The number of carbonyl (C=O) groups is 3. The van der Waals surface area contributed by atoms with Gasteiger partial charge in [0.2, 0.25) is 11.8 Å². The number of carboxylic acid groups (broad SMARTS) is 1. The summed E-state index contributed by atoms with van der Waals surface area (Å²) in [4.78, 5) is 46.5. The molecule has 2 amide bonds. The van der Waals surface area contributed by atoms with Crippen LogP contribution in [0.15, 0.2) is 24.3 Å². The highest BCUT2D eigenvalue weighted by atomic mass is 16.5. The van der Waals surface area contributed by atoms with Gasteiger partial charge in [-0.3, -0.25) is 24.2 Å². The summed E-state index contributed by atoms with van der Waals surface area (Å²) >= 11 is 0. The highest BCUT2D eigenvalue weighted by Crippen LogP contribution is 2.07. The molecule has 0 aliphatic carbocycles. The van der Waals surface area contributed by atoms with Crippen LogP contribution >= 0.6 is 0 Å². The van der Waals surface area contributed by atoms with Crippen molar-refractivity contribution in [1.29, 1.82) is 0 Å². The van der Waals surface area contributed by atoms with Gasteiger partial charge < -0.3 is 30.3 Å². The van der Waals surface area contributed by atoms with Crippen molar-refractivity contribution in [2.75, 3.05) is 98.8 Å². The Bertz CT molecular complexity index is 915. The third-order valence-electron chi connectivity index (χ3n) is 7.42. The van der Waals surface area contributed by atoms with Crippen LogP contribution in [0.25, 0.3) is 0 Å². The topological polar surface area (TPSA) is 118 Å². The van der Waals surface area contributed by atoms with Crippen molar-refractivity contribution in [3.63, 3.8) is 0 Å². The van der Waals surface area contributed by atoms with E-state index in [2.05, 4.69) is 39.3 Å². The Morgan fingerprint density at radius 2 is 1.49 bits per heavy atom. The molecule has 1 unspecified atom stereocenters. The van der Waals surface area contributed by atoms with Crippen LogP contribution < -0.4 is 10.6 Å². The second kappa shape index (κ2) is 19.5. The fourth-order valence-electron chi connectivity index (χ4n) is 4.73. The quantitative estimate of drug-likeness (QED) is 0.273. The molecule has 1 aromatic carbocycles. The molecule has 1 aliphatic heterocycles. The molecule has 1 aliphatic rings. The molecule has 41 heavy (non-hydrogen) atoms. The molecular weight excluding hydrogens is 524 g/mol. The molecular formula is C30H52N6O5. The third-order valence-corrected chi connectivity index (χ3v) is 7.42. The Morgan fingerprint density at radius 1 is 0.902 bits per heavy atom. The van der Waals surface area contributed by atoms with E-state index < -0.39 is 12.0 Å². The number of rotatable bonds is 14. The normalized spacial score (nSPS) is 17.8. The first kappa shape index (κ1) is 34.6. The van der Waals surface area contributed by atoms with Gasteiger partial charge in [0.05, 0.1) is 13.1 Å². The summed E-state index contributed by atoms with van der Waals surface area (Å²) in [6.07, 6.45) is 1.10. The molecule has 0 bridgehead atoms. The Balaban J connectivity index is 2.08. The zero-order valence-corrected chi connectivity index (χ0v) is 25.6. The first-order valence-electron chi connectivity index (χ1n) is 15.0. The number of aliphatic carboxylic acids is 1. The molecule has 11 nitrogen and oxygen atoms in total. The van der Waals surface area contributed by atoms with Crippen molar-refractivity contribution in [3.8, 4) is 0 Å². The molecule has 0 spiro atoms. The number of hydrogen-bond donors (Lipinski definition) is 3. The molecule has 0 radical (unpaired) electrons. The molecule has 3 N–H and O–H groups in total. The maximum Gasteiger partial charge on any atom is 0.317 e. The molecule has 11 heteroatoms. The van der Waals surface area contributed by atoms with Crippen molar-refractivity contribution in [2.45, 2.75) is 39.7 Å². The molecule has 1 atom stereocenters. The van der Waals surface area contributed by atoms with E-state index in [9.17, 15) is 19.5 Å². The van der Waals surface area contributed by atoms with Gasteiger partial charge in [-0.25, -0.2) is 0 Å². The van der Waals surface area contributed by atoms with Crippen LogP contribution in [-0.2, 0) is 25.5 Å². The highest BCUT2D eigenvalue weighted by Gasteiger charge is 2.23. The summed E-state index contributed by atoms with van der Waals surface area (Å²) in [5.74, 6) is -1.28. The lowest BCUT2D eigenvalue weighted by Crippen LogP contribution is -2.52. The first-order chi connectivity index (χ1) is 19.7. The number of hydrogen-bond acceptors (Lipinski definition) is 8. The lowest BCUT2D eigenvalue weighted by atomic mass is 10.0. The zero-order chi connectivity index (χ0) is 30.0. The minimum Gasteiger partial charge on any atom is -0.480 e. The monoisotopic (exact) mass is 576 g/mol. The predicted octanol–water partition coefficient (Wildman–Crippen LogP) is 0.521. The summed E-state index contributed by atoms with van der Waals surface area (Å²) in [6.45, 7) is 14.6. The SMILES string of the molecule is CCOCCCNC(=O)C(Cc1ccc(C)cc1)NC(=O)CN1CCN(CC)CCN(C)CCN(CC(=O)O)CC1. The van der Waals surface area contributed by atoms with Gasteiger partial charge in [0.25, 0.3) is 0 Å². The van der Waals surface area contributed by atoms with Crippen LogP contribution in [0.2, 0.25) is 0 Å². The lowest BCUT2D eigenvalue weighted by molar-refractivity contribution is -0.138. The van der Waals surface area contributed by atoms with E-state index in [0.717, 1.165) is 43.9 Å². The maximum atomic E-state index is 13.3. The summed E-state index contributed by atoms with van der Waals surface area (Å²) in [5, 5.41) is 15.3. The average molecular weight is 577 g/mol. The van der Waals surface area contributed by atoms with Crippen LogP contribution in [0.1, 0.15) is 31.4 Å². The van der Waals surface area contributed by atoms with Crippen LogP contribution in [0.4, 0.5) is 0 Å². The number of amides is 2. The first-order valence-corrected chi connectivity index (χ1v) is 15.0. The molecule has 232 valence electrons. The van der Waals surface area contributed by atoms with Crippen LogP contribution in [-0.4, -0.2) is 147 Å². The number of benzene rings is 1. The van der Waals surface area contributed by atoms with Crippen molar-refractivity contribution >= 4 is 17.8 Å². The van der Waals surface area contributed by atoms with Gasteiger partial charge in [-0.2, -0.15) is 0 Å². The van der Waals surface area contributed by atoms with Crippen molar-refractivity contribution < 1.29 is 24.2 Å². The Kier molecular flexibility index (Phi) is 16.5. The smallest absolute Gasteiger partial charge is 0.317 e. The van der Waals surface area contributed by atoms with E-state index in [1.54, 1.807) is 0 Å². The summed E-state index contributed by atoms with van der Waals surface area (Å²) in [7, 11) is 2.07. The molecule has 1 heterocycles. The number of carbonyl (C=O) groups excluding carboxylic acids is 2. The lowest BCUT2D eigenvalue weighted by Gasteiger charge is -2.32. The van der Waals surface area contributed by atoms with Gasteiger partial charge in [0.15, 0.2) is 0 Å². The van der Waals surface area contributed by atoms with Gasteiger partial charge in [-0.05, 0) is 39.4 Å². The predicted molar refractivity (Wildman–Crippen MR) is 161 cm³/mol. The van der Waals surface area contributed by atoms with Gasteiger partial charge >= 0.3 is 5.97 Å². The van der Waals surface area contributed by atoms with E-state index in [0.29, 0.717) is 58.8 Å². The fraction of sp³-hybridized carbons (Fsp3) is 0.700. The zero-order valence-electron chi connectivity index (χ0n) is 25.6. The number of nitrogens with one attached hydrogen (secondary N) is 2. The van der Waals surface area contributed by atoms with E-state index in [1.165, 1.54) is 0 Å². The van der Waals surface area contributed by atoms with E-state index >= 15 is 0 Å². The highest BCUT2D eigenvalue weighted by molar-refractivity contribution is 5.88. The van der Waals surface area contributed by atoms with Crippen LogP contribution in [0.5, 0.6) is 0 Å². The number of likely N-dealkylation sites (N-methyl/N-ethyl adjacent to an activating group) is 2. The van der Waals surface area contributed by atoms with Crippen LogP contribution in [0.3, 0.4) is 0 Å². The summed E-state index contributed by atoms with van der Waals surface area (Å²) in [6, 6.07) is 7.29. The largest absolute Gasteiger partial charge is 0.480 e. The van der Waals surface area contributed by atoms with Gasteiger partial charge in [0.1, 0.15) is 6.04 Å². The summed E-state index contributed by atoms with van der Waals surface area (Å²) in [5.41, 5.74) is 2.11. The molecule has 0 aromatic heterocycles. The third kappa shape index (κ3) is 14.8. The number of aryl methyl sites for hydroxylation is 1. The second-order valence-electron chi connectivity index (χ2n) is 10.8. The Morgan fingerprint density at radius 3 is 2.10 bits per heavy atom. The molecule has 2 rings (SSSR count).